The van der Waals surface area contributed by atoms with Crippen LogP contribution in [-0.2, 0) is 9.63 Å². The number of nitrogens with zero attached hydrogens (tertiary/aromatic N) is 1. The Kier molecular flexibility index (Phi) is 5.85. The predicted octanol–water partition coefficient (Wildman–Crippen LogP) is 2.44. The van der Waals surface area contributed by atoms with Gasteiger partial charge in [0.25, 0.3) is 0 Å². The average molecular weight is 370 g/mol. The number of carbonyl (C=O) groups is 1. The van der Waals surface area contributed by atoms with E-state index in [0.717, 1.165) is 50.7 Å². The third-order valence-electron chi connectivity index (χ3n) is 6.63. The number of rotatable bonds is 4. The first-order valence-electron chi connectivity index (χ1n) is 10.3. The molecule has 0 aromatic carbocycles. The summed E-state index contributed by atoms with van der Waals surface area (Å²) in [6.45, 7) is 2.74. The first-order valence-corrected chi connectivity index (χ1v) is 10.7. The van der Waals surface area contributed by atoms with E-state index in [9.17, 15) is 4.79 Å². The molecular weight excluding hydrogens is 338 g/mol. The van der Waals surface area contributed by atoms with Crippen LogP contribution in [0, 0.1) is 11.8 Å². The second-order valence-corrected chi connectivity index (χ2v) is 9.22. The molecule has 1 aliphatic carbocycles. The van der Waals surface area contributed by atoms with Crippen LogP contribution in [0.25, 0.3) is 0 Å². The molecule has 2 N–H and O–H groups in total. The highest BCUT2D eigenvalue weighted by atomic mass is 35.5. The molecule has 0 radical (unpaired) electrons. The van der Waals surface area contributed by atoms with Gasteiger partial charge in [0.1, 0.15) is 6.04 Å². The zero-order valence-electron chi connectivity index (χ0n) is 15.1. The van der Waals surface area contributed by atoms with Gasteiger partial charge in [-0.2, -0.15) is 5.48 Å². The fraction of sp³-hybridized carbons (Fsp3) is 0.947. The second kappa shape index (κ2) is 8.12. The van der Waals surface area contributed by atoms with Crippen molar-refractivity contribution in [1.82, 2.24) is 15.7 Å². The van der Waals surface area contributed by atoms with Crippen molar-refractivity contribution in [3.05, 3.63) is 0 Å². The fourth-order valence-corrected chi connectivity index (χ4v) is 5.29. The van der Waals surface area contributed by atoms with Crippen molar-refractivity contribution in [3.63, 3.8) is 0 Å². The van der Waals surface area contributed by atoms with Gasteiger partial charge in [0, 0.05) is 37.5 Å². The standard InChI is InChI=1S/C19H32ClN3O2/c20-15-6-7-16(21-10-15)18-9-17(22-25-18)19(24)23-11-14(12-23)8-13-4-2-1-3-5-13/h13-18,21-22H,1-12H2. The number of hydrogen-bond donors (Lipinski definition) is 2. The number of hydroxylamine groups is 1. The lowest BCUT2D eigenvalue weighted by Gasteiger charge is -2.42. The van der Waals surface area contributed by atoms with E-state index in [4.69, 9.17) is 16.4 Å². The van der Waals surface area contributed by atoms with E-state index in [0.29, 0.717) is 6.04 Å². The number of nitrogens with one attached hydrogen (secondary N) is 2. The number of piperidine rings is 1. The van der Waals surface area contributed by atoms with Crippen molar-refractivity contribution in [2.75, 3.05) is 19.6 Å². The number of alkyl halides is 1. The van der Waals surface area contributed by atoms with Crippen LogP contribution in [0.1, 0.15) is 57.8 Å². The lowest BCUT2D eigenvalue weighted by Crippen LogP contribution is -2.55. The molecule has 3 heterocycles. The molecular formula is C19H32ClN3O2. The minimum Gasteiger partial charge on any atom is -0.341 e. The van der Waals surface area contributed by atoms with Crippen LogP contribution in [0.4, 0.5) is 0 Å². The minimum atomic E-state index is -0.170. The lowest BCUT2D eigenvalue weighted by atomic mass is 9.80. The minimum absolute atomic E-state index is 0.0810. The maximum absolute atomic E-state index is 12.7. The van der Waals surface area contributed by atoms with Gasteiger partial charge in [-0.05, 0) is 31.1 Å². The maximum Gasteiger partial charge on any atom is 0.242 e. The number of likely N-dealkylation sites (tertiary alicyclic amines) is 1. The predicted molar refractivity (Wildman–Crippen MR) is 98.3 cm³/mol. The third kappa shape index (κ3) is 4.32. The van der Waals surface area contributed by atoms with E-state index in [2.05, 4.69) is 10.8 Å². The summed E-state index contributed by atoms with van der Waals surface area (Å²) in [5.41, 5.74) is 3.00. The molecule has 4 unspecified atom stereocenters. The summed E-state index contributed by atoms with van der Waals surface area (Å²) in [6.07, 6.45) is 11.3. The average Bonchev–Trinajstić information content (AvgIpc) is 3.09. The smallest absolute Gasteiger partial charge is 0.242 e. The van der Waals surface area contributed by atoms with Crippen molar-refractivity contribution in [2.24, 2.45) is 11.8 Å². The molecule has 0 spiro atoms. The van der Waals surface area contributed by atoms with E-state index in [1.54, 1.807) is 0 Å². The molecule has 0 bridgehead atoms. The Morgan fingerprint density at radius 1 is 1.08 bits per heavy atom. The normalized spacial score (nSPS) is 37.9. The van der Waals surface area contributed by atoms with Gasteiger partial charge >= 0.3 is 0 Å². The van der Waals surface area contributed by atoms with Gasteiger partial charge in [-0.3, -0.25) is 9.63 Å². The van der Waals surface area contributed by atoms with Crippen molar-refractivity contribution in [1.29, 1.82) is 0 Å². The lowest BCUT2D eigenvalue weighted by molar-refractivity contribution is -0.141. The zero-order valence-corrected chi connectivity index (χ0v) is 15.8. The quantitative estimate of drug-likeness (QED) is 0.747. The molecule has 1 saturated carbocycles. The molecule has 5 nitrogen and oxygen atoms in total. The Morgan fingerprint density at radius 2 is 1.88 bits per heavy atom. The number of halogens is 1. The van der Waals surface area contributed by atoms with Crippen molar-refractivity contribution in [3.8, 4) is 0 Å². The molecule has 0 aromatic rings. The van der Waals surface area contributed by atoms with Gasteiger partial charge in [0.15, 0.2) is 0 Å². The fourth-order valence-electron chi connectivity index (χ4n) is 5.07. The summed E-state index contributed by atoms with van der Waals surface area (Å²) in [5, 5.41) is 3.69. The molecule has 4 fully saturated rings. The maximum atomic E-state index is 12.7. The van der Waals surface area contributed by atoms with Crippen LogP contribution in [0.2, 0.25) is 0 Å². The van der Waals surface area contributed by atoms with Gasteiger partial charge in [-0.25, -0.2) is 0 Å². The van der Waals surface area contributed by atoms with Crippen LogP contribution in [-0.4, -0.2) is 54.0 Å². The Balaban J connectivity index is 1.18. The molecule has 4 rings (SSSR count). The Morgan fingerprint density at radius 3 is 2.60 bits per heavy atom. The highest BCUT2D eigenvalue weighted by Crippen LogP contribution is 2.33. The molecule has 142 valence electrons. The number of carbonyl (C=O) groups excluding carboxylic acids is 1. The van der Waals surface area contributed by atoms with Crippen LogP contribution in [0.3, 0.4) is 0 Å². The van der Waals surface area contributed by atoms with Gasteiger partial charge in [-0.1, -0.05) is 32.1 Å². The second-order valence-electron chi connectivity index (χ2n) is 8.60. The van der Waals surface area contributed by atoms with Gasteiger partial charge < -0.3 is 10.2 Å². The van der Waals surface area contributed by atoms with Crippen molar-refractivity contribution in [2.45, 2.75) is 81.4 Å². The summed E-state index contributed by atoms with van der Waals surface area (Å²) >= 11 is 6.14. The highest BCUT2D eigenvalue weighted by molar-refractivity contribution is 6.20. The van der Waals surface area contributed by atoms with Crippen molar-refractivity contribution < 1.29 is 9.63 Å². The first-order chi connectivity index (χ1) is 12.2. The van der Waals surface area contributed by atoms with E-state index in [1.165, 1.54) is 38.5 Å². The van der Waals surface area contributed by atoms with Gasteiger partial charge in [0.05, 0.1) is 6.10 Å². The van der Waals surface area contributed by atoms with Crippen LogP contribution >= 0.6 is 11.6 Å². The highest BCUT2D eigenvalue weighted by Gasteiger charge is 2.41. The SMILES string of the molecule is O=C(C1CC(C2CCC(Cl)CN2)ON1)N1CC(CC2CCCCC2)C1. The van der Waals surface area contributed by atoms with Gasteiger partial charge in [-0.15, -0.1) is 11.6 Å². The summed E-state index contributed by atoms with van der Waals surface area (Å²) in [6, 6.07) is 0.145. The largest absolute Gasteiger partial charge is 0.341 e. The molecule has 25 heavy (non-hydrogen) atoms. The van der Waals surface area contributed by atoms with Gasteiger partial charge in [0.2, 0.25) is 5.91 Å². The summed E-state index contributed by atoms with van der Waals surface area (Å²) in [5.74, 6) is 1.87. The van der Waals surface area contributed by atoms with Crippen LogP contribution in [0.5, 0.6) is 0 Å². The van der Waals surface area contributed by atoms with E-state index >= 15 is 0 Å². The number of amides is 1. The molecule has 4 aliphatic rings. The molecule has 1 amide bonds. The summed E-state index contributed by atoms with van der Waals surface area (Å²) in [7, 11) is 0. The van der Waals surface area contributed by atoms with E-state index < -0.39 is 0 Å². The van der Waals surface area contributed by atoms with Crippen LogP contribution < -0.4 is 10.8 Å². The van der Waals surface area contributed by atoms with E-state index in [-0.39, 0.29) is 23.4 Å². The Bertz CT molecular complexity index is 458. The van der Waals surface area contributed by atoms with E-state index in [1.807, 2.05) is 4.90 Å². The topological polar surface area (TPSA) is 53.6 Å². The Hall–Kier alpha value is -0.360. The first kappa shape index (κ1) is 18.0. The summed E-state index contributed by atoms with van der Waals surface area (Å²) in [4.78, 5) is 20.4. The molecule has 3 aliphatic heterocycles. The molecule has 6 heteroatoms. The molecule has 4 atom stereocenters. The molecule has 0 aromatic heterocycles. The third-order valence-corrected chi connectivity index (χ3v) is 7.00. The summed E-state index contributed by atoms with van der Waals surface area (Å²) < 4.78 is 0. The molecule has 3 saturated heterocycles. The zero-order chi connectivity index (χ0) is 17.2. The van der Waals surface area contributed by atoms with Crippen molar-refractivity contribution >= 4 is 17.5 Å². The number of hydrogen-bond acceptors (Lipinski definition) is 4. The monoisotopic (exact) mass is 369 g/mol. The Labute approximate surface area is 156 Å². The van der Waals surface area contributed by atoms with Crippen LogP contribution in [0.15, 0.2) is 0 Å².